The van der Waals surface area contributed by atoms with Gasteiger partial charge in [-0.2, -0.15) is 4.68 Å². The molecule has 21 heavy (non-hydrogen) atoms. The first kappa shape index (κ1) is 14.9. The molecule has 0 bridgehead atoms. The lowest BCUT2D eigenvalue weighted by Crippen LogP contribution is -2.20. The molecule has 1 atom stereocenters. The van der Waals surface area contributed by atoms with Crippen molar-refractivity contribution in [1.82, 2.24) is 9.78 Å². The molecular formula is C13H15N3O5. The highest BCUT2D eigenvalue weighted by Crippen LogP contribution is 2.20. The predicted molar refractivity (Wildman–Crippen MR) is 72.8 cm³/mol. The average Bonchev–Trinajstić information content (AvgIpc) is 2.79. The monoisotopic (exact) mass is 293 g/mol. The SMILES string of the molecule is CCCc1nn(CC(O)c2cccc([N+](=O)[O-])c2)c(=O)o1. The summed E-state index contributed by atoms with van der Waals surface area (Å²) in [6.45, 7) is 1.81. The second-order valence-electron chi connectivity index (χ2n) is 4.56. The highest BCUT2D eigenvalue weighted by molar-refractivity contribution is 5.35. The fraction of sp³-hybridized carbons (Fsp3) is 0.385. The summed E-state index contributed by atoms with van der Waals surface area (Å²) in [5, 5.41) is 24.8. The molecule has 2 aromatic rings. The Bertz CT molecular complexity index is 691. The van der Waals surface area contributed by atoms with Gasteiger partial charge < -0.3 is 9.52 Å². The fourth-order valence-corrected chi connectivity index (χ4v) is 1.89. The molecular weight excluding hydrogens is 278 g/mol. The van der Waals surface area contributed by atoms with Crippen molar-refractivity contribution < 1.29 is 14.4 Å². The van der Waals surface area contributed by atoms with Crippen molar-refractivity contribution in [2.24, 2.45) is 0 Å². The lowest BCUT2D eigenvalue weighted by molar-refractivity contribution is -0.385. The van der Waals surface area contributed by atoms with Gasteiger partial charge in [0.05, 0.1) is 17.6 Å². The van der Waals surface area contributed by atoms with Gasteiger partial charge in [0.2, 0.25) is 5.89 Å². The maximum Gasteiger partial charge on any atom is 0.437 e. The molecule has 0 aliphatic carbocycles. The maximum atomic E-state index is 11.6. The van der Waals surface area contributed by atoms with Crippen LogP contribution in [0.4, 0.5) is 5.69 Å². The summed E-state index contributed by atoms with van der Waals surface area (Å²) in [6.07, 6.45) is 0.241. The van der Waals surface area contributed by atoms with Crippen LogP contribution >= 0.6 is 0 Å². The third-order valence-corrected chi connectivity index (χ3v) is 2.92. The Labute approximate surface area is 119 Å². The molecule has 8 nitrogen and oxygen atoms in total. The highest BCUT2D eigenvalue weighted by atomic mass is 16.6. The first-order chi connectivity index (χ1) is 10.0. The Morgan fingerprint density at radius 3 is 2.95 bits per heavy atom. The molecule has 0 radical (unpaired) electrons. The fourth-order valence-electron chi connectivity index (χ4n) is 1.89. The quantitative estimate of drug-likeness (QED) is 0.637. The van der Waals surface area contributed by atoms with Gasteiger partial charge in [0.25, 0.3) is 5.69 Å². The molecule has 0 spiro atoms. The number of nitrogens with zero attached hydrogens (tertiary/aromatic N) is 3. The average molecular weight is 293 g/mol. The van der Waals surface area contributed by atoms with E-state index in [9.17, 15) is 20.0 Å². The third kappa shape index (κ3) is 3.54. The van der Waals surface area contributed by atoms with Crippen LogP contribution < -0.4 is 5.76 Å². The minimum atomic E-state index is -1.08. The van der Waals surface area contributed by atoms with Gasteiger partial charge in [-0.1, -0.05) is 19.1 Å². The van der Waals surface area contributed by atoms with Gasteiger partial charge in [-0.25, -0.2) is 4.79 Å². The van der Waals surface area contributed by atoms with Crippen molar-refractivity contribution in [3.63, 3.8) is 0 Å². The minimum Gasteiger partial charge on any atom is -0.392 e. The number of hydrogen-bond acceptors (Lipinski definition) is 6. The number of benzene rings is 1. The number of nitro benzene ring substituents is 1. The number of non-ortho nitro benzene ring substituents is 1. The van der Waals surface area contributed by atoms with Gasteiger partial charge in [-0.05, 0) is 12.0 Å². The molecule has 1 heterocycles. The molecule has 2 rings (SSSR count). The van der Waals surface area contributed by atoms with Crippen LogP contribution in [0.2, 0.25) is 0 Å². The zero-order valence-corrected chi connectivity index (χ0v) is 11.4. The van der Waals surface area contributed by atoms with E-state index in [2.05, 4.69) is 5.10 Å². The van der Waals surface area contributed by atoms with Gasteiger partial charge in [0.15, 0.2) is 0 Å². The Morgan fingerprint density at radius 2 is 2.29 bits per heavy atom. The molecule has 8 heteroatoms. The summed E-state index contributed by atoms with van der Waals surface area (Å²) in [5.74, 6) is -0.336. The predicted octanol–water partition coefficient (Wildman–Crippen LogP) is 1.43. The van der Waals surface area contributed by atoms with Gasteiger partial charge in [0, 0.05) is 18.6 Å². The lowest BCUT2D eigenvalue weighted by atomic mass is 10.1. The van der Waals surface area contributed by atoms with E-state index in [0.717, 1.165) is 11.1 Å². The van der Waals surface area contributed by atoms with E-state index in [1.807, 2.05) is 6.92 Å². The Kier molecular flexibility index (Phi) is 4.49. The van der Waals surface area contributed by atoms with E-state index in [4.69, 9.17) is 4.42 Å². The van der Waals surface area contributed by atoms with Crippen molar-refractivity contribution in [2.75, 3.05) is 0 Å². The molecule has 1 aromatic heterocycles. The van der Waals surface area contributed by atoms with Crippen LogP contribution in [-0.2, 0) is 13.0 Å². The van der Waals surface area contributed by atoms with E-state index in [1.54, 1.807) is 6.07 Å². The summed E-state index contributed by atoms with van der Waals surface area (Å²) >= 11 is 0. The number of aryl methyl sites for hydroxylation is 1. The molecule has 0 aliphatic heterocycles. The smallest absolute Gasteiger partial charge is 0.392 e. The molecule has 1 N–H and O–H groups in total. The highest BCUT2D eigenvalue weighted by Gasteiger charge is 2.16. The molecule has 0 aliphatic rings. The van der Waals surface area contributed by atoms with Crippen molar-refractivity contribution in [3.8, 4) is 0 Å². The summed E-state index contributed by atoms with van der Waals surface area (Å²) in [5.41, 5.74) is 0.224. The van der Waals surface area contributed by atoms with E-state index >= 15 is 0 Å². The standard InChI is InChI=1S/C13H15N3O5/c1-2-4-12-14-15(13(18)21-12)8-11(17)9-5-3-6-10(7-9)16(19)20/h3,5-7,11,17H,2,4,8H2,1H3. The molecule has 0 amide bonds. The van der Waals surface area contributed by atoms with Crippen molar-refractivity contribution in [1.29, 1.82) is 0 Å². The molecule has 0 saturated heterocycles. The Hall–Kier alpha value is -2.48. The summed E-state index contributed by atoms with van der Waals surface area (Å²) < 4.78 is 5.95. The Morgan fingerprint density at radius 1 is 1.52 bits per heavy atom. The van der Waals surface area contributed by atoms with Crippen LogP contribution in [0.1, 0.15) is 30.9 Å². The second kappa shape index (κ2) is 6.31. The van der Waals surface area contributed by atoms with Crippen LogP contribution in [0.3, 0.4) is 0 Å². The number of aliphatic hydroxyl groups excluding tert-OH is 1. The lowest BCUT2D eigenvalue weighted by Gasteiger charge is -2.09. The van der Waals surface area contributed by atoms with Gasteiger partial charge in [-0.3, -0.25) is 10.1 Å². The van der Waals surface area contributed by atoms with Crippen LogP contribution in [0.15, 0.2) is 33.5 Å². The first-order valence-corrected chi connectivity index (χ1v) is 6.50. The van der Waals surface area contributed by atoms with Gasteiger partial charge >= 0.3 is 5.76 Å². The molecule has 1 aromatic carbocycles. The normalized spacial score (nSPS) is 12.3. The van der Waals surface area contributed by atoms with E-state index in [1.165, 1.54) is 18.2 Å². The molecule has 112 valence electrons. The van der Waals surface area contributed by atoms with E-state index in [0.29, 0.717) is 17.9 Å². The molecule has 0 fully saturated rings. The number of aromatic nitrogens is 2. The van der Waals surface area contributed by atoms with E-state index < -0.39 is 16.8 Å². The number of hydrogen-bond donors (Lipinski definition) is 1. The summed E-state index contributed by atoms with van der Waals surface area (Å²) in [6, 6.07) is 5.63. The largest absolute Gasteiger partial charge is 0.437 e. The number of rotatable bonds is 6. The molecule has 0 saturated carbocycles. The van der Waals surface area contributed by atoms with Gasteiger partial charge in [-0.15, -0.1) is 5.10 Å². The van der Waals surface area contributed by atoms with Crippen LogP contribution in [-0.4, -0.2) is 19.8 Å². The minimum absolute atomic E-state index is 0.118. The number of aliphatic hydroxyl groups is 1. The third-order valence-electron chi connectivity index (χ3n) is 2.92. The van der Waals surface area contributed by atoms with Crippen LogP contribution in [0.25, 0.3) is 0 Å². The van der Waals surface area contributed by atoms with E-state index in [-0.39, 0.29) is 12.2 Å². The first-order valence-electron chi connectivity index (χ1n) is 6.50. The second-order valence-corrected chi connectivity index (χ2v) is 4.56. The Balaban J connectivity index is 2.17. The van der Waals surface area contributed by atoms with Crippen molar-refractivity contribution in [3.05, 3.63) is 56.4 Å². The zero-order chi connectivity index (χ0) is 15.4. The summed E-state index contributed by atoms with van der Waals surface area (Å²) in [4.78, 5) is 21.7. The number of nitro groups is 1. The van der Waals surface area contributed by atoms with Gasteiger partial charge in [0.1, 0.15) is 0 Å². The zero-order valence-electron chi connectivity index (χ0n) is 11.4. The van der Waals surface area contributed by atoms with Crippen LogP contribution in [0.5, 0.6) is 0 Å². The molecule has 1 unspecified atom stereocenters. The van der Waals surface area contributed by atoms with Crippen molar-refractivity contribution >= 4 is 5.69 Å². The maximum absolute atomic E-state index is 11.6. The van der Waals surface area contributed by atoms with Crippen LogP contribution in [0, 0.1) is 10.1 Å². The summed E-state index contributed by atoms with van der Waals surface area (Å²) in [7, 11) is 0. The topological polar surface area (TPSA) is 111 Å². The van der Waals surface area contributed by atoms with Crippen molar-refractivity contribution in [2.45, 2.75) is 32.4 Å².